The van der Waals surface area contributed by atoms with Crippen LogP contribution in [0.2, 0.25) is 0 Å². The van der Waals surface area contributed by atoms with Crippen molar-refractivity contribution in [2.24, 2.45) is 0 Å². The van der Waals surface area contributed by atoms with Gasteiger partial charge in [0.1, 0.15) is 0 Å². The standard InChI is InChI=1S/C11H16N2O3/c14-8-10-5-11(15)7-12(10)6-9-1-3-13(16)4-2-9/h1-4,10-11,14-15H,5-8H2/t10-,11+/m0/s1. The highest BCUT2D eigenvalue weighted by molar-refractivity contribution is 5.08. The lowest BCUT2D eigenvalue weighted by atomic mass is 10.2. The van der Waals surface area contributed by atoms with Crippen molar-refractivity contribution in [3.8, 4) is 0 Å². The van der Waals surface area contributed by atoms with Gasteiger partial charge in [0.05, 0.1) is 12.7 Å². The summed E-state index contributed by atoms with van der Waals surface area (Å²) in [5, 5.41) is 29.5. The summed E-state index contributed by atoms with van der Waals surface area (Å²) in [7, 11) is 0. The van der Waals surface area contributed by atoms with E-state index in [2.05, 4.69) is 0 Å². The minimum atomic E-state index is -0.356. The van der Waals surface area contributed by atoms with Crippen LogP contribution in [0, 0.1) is 5.21 Å². The van der Waals surface area contributed by atoms with Gasteiger partial charge in [-0.15, -0.1) is 0 Å². The summed E-state index contributed by atoms with van der Waals surface area (Å²) < 4.78 is 0.742. The Kier molecular flexibility index (Phi) is 3.38. The van der Waals surface area contributed by atoms with Crippen molar-refractivity contribution in [1.82, 2.24) is 4.90 Å². The maximum atomic E-state index is 10.9. The first kappa shape index (κ1) is 11.3. The number of rotatable bonds is 3. The fourth-order valence-corrected chi connectivity index (χ4v) is 2.12. The largest absolute Gasteiger partial charge is 0.619 e. The predicted molar refractivity (Wildman–Crippen MR) is 57.3 cm³/mol. The molecule has 5 nitrogen and oxygen atoms in total. The summed E-state index contributed by atoms with van der Waals surface area (Å²) in [5.74, 6) is 0. The maximum absolute atomic E-state index is 10.9. The topological polar surface area (TPSA) is 70.6 Å². The molecule has 0 saturated carbocycles. The zero-order valence-corrected chi connectivity index (χ0v) is 8.99. The molecular formula is C11H16N2O3. The lowest BCUT2D eigenvalue weighted by molar-refractivity contribution is -0.605. The minimum absolute atomic E-state index is 0.0228. The fourth-order valence-electron chi connectivity index (χ4n) is 2.12. The van der Waals surface area contributed by atoms with Crippen LogP contribution in [0.5, 0.6) is 0 Å². The second-order valence-corrected chi connectivity index (χ2v) is 4.22. The first-order valence-electron chi connectivity index (χ1n) is 5.39. The van der Waals surface area contributed by atoms with Crippen molar-refractivity contribution in [1.29, 1.82) is 0 Å². The molecule has 0 bridgehead atoms. The number of β-amino-alcohol motifs (C(OH)–C–C–N with tert-alkyl or cyclic N) is 1. The van der Waals surface area contributed by atoms with Crippen LogP contribution in [0.1, 0.15) is 12.0 Å². The Labute approximate surface area is 94.1 Å². The lowest BCUT2D eigenvalue weighted by Gasteiger charge is -2.21. The Balaban J connectivity index is 2.01. The molecule has 16 heavy (non-hydrogen) atoms. The van der Waals surface area contributed by atoms with Crippen LogP contribution in [0.3, 0.4) is 0 Å². The highest BCUT2D eigenvalue weighted by Gasteiger charge is 2.30. The molecule has 2 atom stereocenters. The van der Waals surface area contributed by atoms with Crippen molar-refractivity contribution < 1.29 is 14.9 Å². The van der Waals surface area contributed by atoms with E-state index in [1.807, 2.05) is 4.90 Å². The molecule has 0 radical (unpaired) electrons. The molecule has 1 aromatic heterocycles. The van der Waals surface area contributed by atoms with Crippen molar-refractivity contribution >= 4 is 0 Å². The Bertz CT molecular complexity index is 342. The molecule has 0 amide bonds. The van der Waals surface area contributed by atoms with E-state index in [4.69, 9.17) is 5.11 Å². The second-order valence-electron chi connectivity index (χ2n) is 4.22. The molecule has 2 rings (SSSR count). The maximum Gasteiger partial charge on any atom is 0.180 e. The number of hydrogen-bond donors (Lipinski definition) is 2. The first-order valence-corrected chi connectivity index (χ1v) is 5.39. The summed E-state index contributed by atoms with van der Waals surface area (Å²) in [6.45, 7) is 1.30. The van der Waals surface area contributed by atoms with E-state index in [0.717, 1.165) is 10.3 Å². The predicted octanol–water partition coefficient (Wildman–Crippen LogP) is -0.753. The van der Waals surface area contributed by atoms with Gasteiger partial charge < -0.3 is 15.4 Å². The molecule has 88 valence electrons. The van der Waals surface area contributed by atoms with E-state index in [-0.39, 0.29) is 18.8 Å². The Morgan fingerprint density at radius 1 is 1.44 bits per heavy atom. The van der Waals surface area contributed by atoms with Gasteiger partial charge in [-0.25, -0.2) is 0 Å². The van der Waals surface area contributed by atoms with Crippen LogP contribution in [0.25, 0.3) is 0 Å². The van der Waals surface area contributed by atoms with Gasteiger partial charge in [-0.2, -0.15) is 4.73 Å². The Morgan fingerprint density at radius 3 is 2.75 bits per heavy atom. The summed E-state index contributed by atoms with van der Waals surface area (Å²) in [6, 6.07) is 3.53. The molecule has 1 aliphatic heterocycles. The van der Waals surface area contributed by atoms with Crippen molar-refractivity contribution in [3.63, 3.8) is 0 Å². The summed E-state index contributed by atoms with van der Waals surface area (Å²) >= 11 is 0. The van der Waals surface area contributed by atoms with Crippen LogP contribution in [0.15, 0.2) is 24.5 Å². The molecule has 0 unspecified atom stereocenters. The molecule has 2 heterocycles. The number of nitrogens with zero attached hydrogens (tertiary/aromatic N) is 2. The quantitative estimate of drug-likeness (QED) is 0.523. The number of hydrogen-bond acceptors (Lipinski definition) is 4. The lowest BCUT2D eigenvalue weighted by Crippen LogP contribution is -2.32. The first-order chi connectivity index (χ1) is 7.69. The average Bonchev–Trinajstić information content (AvgIpc) is 2.62. The molecule has 1 aromatic rings. The number of pyridine rings is 1. The van der Waals surface area contributed by atoms with E-state index in [0.29, 0.717) is 19.5 Å². The van der Waals surface area contributed by atoms with Gasteiger partial charge in [0.15, 0.2) is 12.4 Å². The highest BCUT2D eigenvalue weighted by atomic mass is 16.5. The normalized spacial score (nSPS) is 26.1. The van der Waals surface area contributed by atoms with E-state index >= 15 is 0 Å². The molecule has 1 fully saturated rings. The third-order valence-electron chi connectivity index (χ3n) is 2.97. The van der Waals surface area contributed by atoms with Crippen molar-refractivity contribution in [3.05, 3.63) is 35.3 Å². The fraction of sp³-hybridized carbons (Fsp3) is 0.545. The smallest absolute Gasteiger partial charge is 0.180 e. The zero-order chi connectivity index (χ0) is 11.5. The van der Waals surface area contributed by atoms with Gasteiger partial charge in [0, 0.05) is 31.3 Å². The SMILES string of the molecule is [O-][n+]1ccc(CN2C[C@H](O)C[C@H]2CO)cc1. The van der Waals surface area contributed by atoms with Crippen LogP contribution in [-0.4, -0.2) is 40.4 Å². The van der Waals surface area contributed by atoms with Gasteiger partial charge in [-0.3, -0.25) is 4.90 Å². The molecule has 1 aliphatic rings. The van der Waals surface area contributed by atoms with Gasteiger partial charge in [-0.1, -0.05) is 0 Å². The van der Waals surface area contributed by atoms with Crippen LogP contribution >= 0.6 is 0 Å². The van der Waals surface area contributed by atoms with Gasteiger partial charge >= 0.3 is 0 Å². The second kappa shape index (κ2) is 4.78. The Hall–Kier alpha value is -1.17. The Morgan fingerprint density at radius 2 is 2.12 bits per heavy atom. The van der Waals surface area contributed by atoms with Gasteiger partial charge in [-0.05, 0) is 12.0 Å². The molecule has 1 saturated heterocycles. The molecular weight excluding hydrogens is 208 g/mol. The molecule has 5 heteroatoms. The number of likely N-dealkylation sites (tertiary alicyclic amines) is 1. The molecule has 2 N–H and O–H groups in total. The van der Waals surface area contributed by atoms with Crippen LogP contribution in [-0.2, 0) is 6.54 Å². The van der Waals surface area contributed by atoms with E-state index in [9.17, 15) is 10.3 Å². The van der Waals surface area contributed by atoms with Gasteiger partial charge in [0.25, 0.3) is 0 Å². The zero-order valence-electron chi connectivity index (χ0n) is 8.99. The summed E-state index contributed by atoms with van der Waals surface area (Å²) in [5.41, 5.74) is 1.01. The summed E-state index contributed by atoms with van der Waals surface area (Å²) in [6.07, 6.45) is 3.17. The number of aliphatic hydroxyl groups is 2. The number of aromatic nitrogens is 1. The highest BCUT2D eigenvalue weighted by Crippen LogP contribution is 2.19. The van der Waals surface area contributed by atoms with Crippen molar-refractivity contribution in [2.75, 3.05) is 13.2 Å². The molecule has 0 spiro atoms. The molecule has 0 aliphatic carbocycles. The van der Waals surface area contributed by atoms with Crippen LogP contribution < -0.4 is 4.73 Å². The van der Waals surface area contributed by atoms with Crippen LogP contribution in [0.4, 0.5) is 0 Å². The number of aliphatic hydroxyl groups excluding tert-OH is 2. The average molecular weight is 224 g/mol. The monoisotopic (exact) mass is 224 g/mol. The van der Waals surface area contributed by atoms with Crippen molar-refractivity contribution in [2.45, 2.75) is 25.1 Å². The molecule has 0 aromatic carbocycles. The van der Waals surface area contributed by atoms with E-state index < -0.39 is 0 Å². The third kappa shape index (κ3) is 2.49. The van der Waals surface area contributed by atoms with E-state index in [1.54, 1.807) is 12.1 Å². The summed E-state index contributed by atoms with van der Waals surface area (Å²) in [4.78, 5) is 2.04. The minimum Gasteiger partial charge on any atom is -0.619 e. The third-order valence-corrected chi connectivity index (χ3v) is 2.97. The van der Waals surface area contributed by atoms with Gasteiger partial charge in [0.2, 0.25) is 0 Å². The van der Waals surface area contributed by atoms with E-state index in [1.165, 1.54) is 12.4 Å².